The van der Waals surface area contributed by atoms with E-state index in [0.717, 1.165) is 12.8 Å². The van der Waals surface area contributed by atoms with Crippen molar-refractivity contribution in [1.29, 1.82) is 0 Å². The summed E-state index contributed by atoms with van der Waals surface area (Å²) in [6.07, 6.45) is 5.59. The third-order valence-electron chi connectivity index (χ3n) is 2.79. The maximum Gasteiger partial charge on any atom is 0.325 e. The molecule has 0 aromatic heterocycles. The third-order valence-corrected chi connectivity index (χ3v) is 2.79. The average molecular weight is 225 g/mol. The van der Waals surface area contributed by atoms with Gasteiger partial charge in [0.05, 0.1) is 7.11 Å². The molecule has 0 heterocycles. The van der Waals surface area contributed by atoms with Crippen LogP contribution in [-0.4, -0.2) is 36.5 Å². The van der Waals surface area contributed by atoms with Gasteiger partial charge in [-0.25, -0.2) is 0 Å². The Morgan fingerprint density at radius 1 is 1.38 bits per heavy atom. The predicted molar refractivity (Wildman–Crippen MR) is 60.7 cm³/mol. The monoisotopic (exact) mass is 225 g/mol. The molecule has 0 atom stereocenters. The second-order valence-electron chi connectivity index (χ2n) is 4.28. The molecule has 0 spiro atoms. The Hall–Kier alpha value is -1.32. The molecule has 0 radical (unpaired) electrons. The van der Waals surface area contributed by atoms with Gasteiger partial charge in [0.1, 0.15) is 6.54 Å². The minimum atomic E-state index is -0.368. The van der Waals surface area contributed by atoms with E-state index < -0.39 is 0 Å². The summed E-state index contributed by atoms with van der Waals surface area (Å²) in [5.41, 5.74) is 0. The second kappa shape index (κ2) is 5.68. The van der Waals surface area contributed by atoms with E-state index in [-0.39, 0.29) is 30.4 Å². The van der Waals surface area contributed by atoms with E-state index in [1.807, 2.05) is 26.0 Å². The van der Waals surface area contributed by atoms with Gasteiger partial charge < -0.3 is 9.64 Å². The van der Waals surface area contributed by atoms with Crippen LogP contribution in [0.3, 0.4) is 0 Å². The predicted octanol–water partition coefficient (Wildman–Crippen LogP) is 1.36. The first-order valence-corrected chi connectivity index (χ1v) is 5.58. The molecular weight excluding hydrogens is 206 g/mol. The summed E-state index contributed by atoms with van der Waals surface area (Å²) < 4.78 is 4.60. The van der Waals surface area contributed by atoms with Crippen LogP contribution in [-0.2, 0) is 14.3 Å². The van der Waals surface area contributed by atoms with Crippen LogP contribution >= 0.6 is 0 Å². The molecule has 1 aliphatic rings. The van der Waals surface area contributed by atoms with Crippen molar-refractivity contribution in [3.05, 3.63) is 12.2 Å². The zero-order valence-electron chi connectivity index (χ0n) is 10.1. The number of methoxy groups -OCH3 is 1. The molecule has 0 saturated heterocycles. The lowest BCUT2D eigenvalue weighted by atomic mass is 10.0. The van der Waals surface area contributed by atoms with E-state index in [2.05, 4.69) is 4.74 Å². The molecule has 16 heavy (non-hydrogen) atoms. The van der Waals surface area contributed by atoms with Crippen molar-refractivity contribution in [2.24, 2.45) is 5.92 Å². The van der Waals surface area contributed by atoms with E-state index in [9.17, 15) is 9.59 Å². The van der Waals surface area contributed by atoms with Crippen molar-refractivity contribution in [1.82, 2.24) is 4.90 Å². The minimum absolute atomic E-state index is 0.00653. The molecular formula is C12H19NO3. The van der Waals surface area contributed by atoms with Crippen LogP contribution in [0.15, 0.2) is 12.2 Å². The summed E-state index contributed by atoms with van der Waals surface area (Å²) in [6, 6.07) is 0.0206. The highest BCUT2D eigenvalue weighted by molar-refractivity contribution is 5.84. The number of ether oxygens (including phenoxy) is 1. The lowest BCUT2D eigenvalue weighted by Gasteiger charge is -2.28. The molecule has 1 aliphatic carbocycles. The van der Waals surface area contributed by atoms with Crippen LogP contribution in [0, 0.1) is 5.92 Å². The topological polar surface area (TPSA) is 46.6 Å². The molecule has 0 aromatic rings. The number of rotatable bonds is 4. The Labute approximate surface area is 96.3 Å². The van der Waals surface area contributed by atoms with Crippen LogP contribution in [0.4, 0.5) is 0 Å². The van der Waals surface area contributed by atoms with E-state index in [1.165, 1.54) is 7.11 Å². The Balaban J connectivity index is 2.62. The fraction of sp³-hybridized carbons (Fsp3) is 0.667. The SMILES string of the molecule is COC(=O)CN(C(=O)C1CC=CC1)C(C)C. The molecule has 0 aromatic carbocycles. The molecule has 1 rings (SSSR count). The Kier molecular flexibility index (Phi) is 4.52. The van der Waals surface area contributed by atoms with Gasteiger partial charge >= 0.3 is 5.97 Å². The van der Waals surface area contributed by atoms with Crippen molar-refractivity contribution < 1.29 is 14.3 Å². The summed E-state index contributed by atoms with van der Waals surface area (Å²) in [6.45, 7) is 3.86. The van der Waals surface area contributed by atoms with Gasteiger partial charge in [-0.1, -0.05) is 12.2 Å². The van der Waals surface area contributed by atoms with E-state index in [1.54, 1.807) is 4.90 Å². The van der Waals surface area contributed by atoms with E-state index >= 15 is 0 Å². The second-order valence-corrected chi connectivity index (χ2v) is 4.28. The number of carbonyl (C=O) groups excluding carboxylic acids is 2. The van der Waals surface area contributed by atoms with Gasteiger partial charge in [-0.05, 0) is 26.7 Å². The zero-order valence-corrected chi connectivity index (χ0v) is 10.1. The molecule has 0 fully saturated rings. The van der Waals surface area contributed by atoms with Crippen LogP contribution in [0.2, 0.25) is 0 Å². The fourth-order valence-corrected chi connectivity index (χ4v) is 1.77. The van der Waals surface area contributed by atoms with Crippen molar-refractivity contribution in [3.8, 4) is 0 Å². The third kappa shape index (κ3) is 3.08. The highest BCUT2D eigenvalue weighted by atomic mass is 16.5. The standard InChI is InChI=1S/C12H19NO3/c1-9(2)13(8-11(14)16-3)12(15)10-6-4-5-7-10/h4-5,9-10H,6-8H2,1-3H3. The number of esters is 1. The molecule has 0 N–H and O–H groups in total. The van der Waals surface area contributed by atoms with Gasteiger partial charge in [0.25, 0.3) is 0 Å². The number of hydrogen-bond donors (Lipinski definition) is 0. The molecule has 90 valence electrons. The lowest BCUT2D eigenvalue weighted by molar-refractivity contribution is -0.149. The van der Waals surface area contributed by atoms with Crippen LogP contribution in [0.25, 0.3) is 0 Å². The Morgan fingerprint density at radius 3 is 2.38 bits per heavy atom. The normalized spacial score (nSPS) is 15.5. The maximum absolute atomic E-state index is 12.1. The smallest absolute Gasteiger partial charge is 0.325 e. The largest absolute Gasteiger partial charge is 0.468 e. The first-order chi connectivity index (χ1) is 7.56. The van der Waals surface area contributed by atoms with Gasteiger partial charge in [-0.3, -0.25) is 9.59 Å². The van der Waals surface area contributed by atoms with Crippen LogP contribution < -0.4 is 0 Å². The quantitative estimate of drug-likeness (QED) is 0.536. The number of nitrogens with zero attached hydrogens (tertiary/aromatic N) is 1. The van der Waals surface area contributed by atoms with Crippen molar-refractivity contribution >= 4 is 11.9 Å². The van der Waals surface area contributed by atoms with Gasteiger partial charge in [-0.15, -0.1) is 0 Å². The highest BCUT2D eigenvalue weighted by Crippen LogP contribution is 2.21. The van der Waals surface area contributed by atoms with Crippen LogP contribution in [0.1, 0.15) is 26.7 Å². The van der Waals surface area contributed by atoms with Crippen LogP contribution in [0.5, 0.6) is 0 Å². The zero-order chi connectivity index (χ0) is 12.1. The lowest BCUT2D eigenvalue weighted by Crippen LogP contribution is -2.43. The van der Waals surface area contributed by atoms with Crippen molar-refractivity contribution in [2.45, 2.75) is 32.7 Å². The number of hydrogen-bond acceptors (Lipinski definition) is 3. The molecule has 0 aliphatic heterocycles. The van der Waals surface area contributed by atoms with Gasteiger partial charge in [0, 0.05) is 12.0 Å². The molecule has 0 bridgehead atoms. The maximum atomic E-state index is 12.1. The molecule has 0 saturated carbocycles. The average Bonchev–Trinajstić information content (AvgIpc) is 2.77. The molecule has 4 heteroatoms. The Morgan fingerprint density at radius 2 is 1.94 bits per heavy atom. The van der Waals surface area contributed by atoms with Gasteiger partial charge in [-0.2, -0.15) is 0 Å². The van der Waals surface area contributed by atoms with E-state index in [4.69, 9.17) is 0 Å². The number of carbonyl (C=O) groups is 2. The van der Waals surface area contributed by atoms with E-state index in [0.29, 0.717) is 0 Å². The first-order valence-electron chi connectivity index (χ1n) is 5.58. The number of amides is 1. The van der Waals surface area contributed by atoms with Gasteiger partial charge in [0.2, 0.25) is 5.91 Å². The van der Waals surface area contributed by atoms with Gasteiger partial charge in [0.15, 0.2) is 0 Å². The highest BCUT2D eigenvalue weighted by Gasteiger charge is 2.28. The van der Waals surface area contributed by atoms with Crippen molar-refractivity contribution in [3.63, 3.8) is 0 Å². The summed E-state index contributed by atoms with van der Waals surface area (Å²) in [7, 11) is 1.34. The minimum Gasteiger partial charge on any atom is -0.468 e. The molecule has 1 amide bonds. The summed E-state index contributed by atoms with van der Waals surface area (Å²) >= 11 is 0. The Bertz CT molecular complexity index is 289. The number of allylic oxidation sites excluding steroid dienone is 2. The molecule has 4 nitrogen and oxygen atoms in total. The summed E-state index contributed by atoms with van der Waals surface area (Å²) in [4.78, 5) is 24.9. The first kappa shape index (κ1) is 12.7. The molecule has 0 unspecified atom stereocenters. The van der Waals surface area contributed by atoms with Crippen molar-refractivity contribution in [2.75, 3.05) is 13.7 Å². The fourth-order valence-electron chi connectivity index (χ4n) is 1.77. The summed E-state index contributed by atoms with van der Waals surface area (Å²) in [5.74, 6) is -0.314. The summed E-state index contributed by atoms with van der Waals surface area (Å²) in [5, 5.41) is 0.